The van der Waals surface area contributed by atoms with E-state index in [1.54, 1.807) is 7.11 Å². The van der Waals surface area contributed by atoms with Crippen LogP contribution in [0.5, 0.6) is 5.75 Å². The second-order valence-electron chi connectivity index (χ2n) is 6.83. The van der Waals surface area contributed by atoms with Gasteiger partial charge in [0.15, 0.2) is 0 Å². The topological polar surface area (TPSA) is 75.8 Å². The van der Waals surface area contributed by atoms with Gasteiger partial charge in [0.05, 0.1) is 19.3 Å². The maximum absolute atomic E-state index is 11.5. The van der Waals surface area contributed by atoms with E-state index in [4.69, 9.17) is 10.5 Å². The predicted molar refractivity (Wildman–Crippen MR) is 88.0 cm³/mol. The molecule has 3 atom stereocenters. The molecule has 0 radical (unpaired) electrons. The molecule has 0 aromatic heterocycles. The Balaban J connectivity index is 2.02. The van der Waals surface area contributed by atoms with Gasteiger partial charge in [-0.3, -0.25) is 9.69 Å². The van der Waals surface area contributed by atoms with E-state index in [9.17, 15) is 9.90 Å². The van der Waals surface area contributed by atoms with Gasteiger partial charge in [-0.25, -0.2) is 0 Å². The van der Waals surface area contributed by atoms with E-state index in [0.717, 1.165) is 37.0 Å². The number of para-hydroxylation sites is 1. The first kappa shape index (κ1) is 16.3. The van der Waals surface area contributed by atoms with Crippen LogP contribution in [0.4, 0.5) is 0 Å². The second kappa shape index (κ2) is 6.49. The van der Waals surface area contributed by atoms with E-state index in [-0.39, 0.29) is 24.4 Å². The number of benzene rings is 1. The highest BCUT2D eigenvalue weighted by Crippen LogP contribution is 2.50. The molecule has 1 saturated heterocycles. The van der Waals surface area contributed by atoms with Crippen LogP contribution in [0, 0.1) is 5.92 Å². The second-order valence-corrected chi connectivity index (χ2v) is 6.83. The quantitative estimate of drug-likeness (QED) is 0.888. The highest BCUT2D eigenvalue weighted by Gasteiger charge is 2.49. The Labute approximate surface area is 137 Å². The van der Waals surface area contributed by atoms with Gasteiger partial charge in [0, 0.05) is 24.1 Å². The molecular weight excluding hydrogens is 292 g/mol. The van der Waals surface area contributed by atoms with Crippen LogP contribution in [0.2, 0.25) is 0 Å². The van der Waals surface area contributed by atoms with E-state index in [1.807, 2.05) is 24.3 Å². The van der Waals surface area contributed by atoms with Crippen LogP contribution in [0.25, 0.3) is 0 Å². The fourth-order valence-corrected chi connectivity index (χ4v) is 4.44. The first-order valence-corrected chi connectivity index (χ1v) is 8.43. The molecule has 0 bridgehead atoms. The molecule has 1 heterocycles. The Morgan fingerprint density at radius 2 is 2.17 bits per heavy atom. The number of hydrogen-bond donors (Lipinski definition) is 2. The van der Waals surface area contributed by atoms with Crippen molar-refractivity contribution in [1.82, 2.24) is 4.90 Å². The third kappa shape index (κ3) is 3.08. The summed E-state index contributed by atoms with van der Waals surface area (Å²) >= 11 is 0. The maximum Gasteiger partial charge on any atom is 0.231 e. The summed E-state index contributed by atoms with van der Waals surface area (Å²) < 4.78 is 5.54. The summed E-state index contributed by atoms with van der Waals surface area (Å²) in [7, 11) is 1.66. The van der Waals surface area contributed by atoms with Crippen molar-refractivity contribution < 1.29 is 14.6 Å². The summed E-state index contributed by atoms with van der Waals surface area (Å²) in [5.74, 6) is 0.591. The zero-order chi connectivity index (χ0) is 16.4. The van der Waals surface area contributed by atoms with Crippen LogP contribution in [-0.4, -0.2) is 41.7 Å². The first-order valence-electron chi connectivity index (χ1n) is 8.43. The van der Waals surface area contributed by atoms with E-state index < -0.39 is 5.60 Å². The Morgan fingerprint density at radius 1 is 1.39 bits per heavy atom. The lowest BCUT2D eigenvalue weighted by Gasteiger charge is -2.52. The van der Waals surface area contributed by atoms with Crippen molar-refractivity contribution in [2.24, 2.45) is 11.7 Å². The number of fused-ring (bicyclic) bond motifs is 1. The summed E-state index contributed by atoms with van der Waals surface area (Å²) in [6.07, 6.45) is 4.70. The Kier molecular flexibility index (Phi) is 4.60. The fraction of sp³-hybridized carbons (Fsp3) is 0.611. The van der Waals surface area contributed by atoms with Gasteiger partial charge >= 0.3 is 0 Å². The van der Waals surface area contributed by atoms with Crippen LogP contribution in [0.1, 0.15) is 43.7 Å². The molecule has 0 spiro atoms. The molecule has 5 heteroatoms. The van der Waals surface area contributed by atoms with Gasteiger partial charge in [0.2, 0.25) is 5.91 Å². The van der Waals surface area contributed by atoms with E-state index in [0.29, 0.717) is 13.0 Å². The molecule has 3 unspecified atom stereocenters. The van der Waals surface area contributed by atoms with E-state index in [1.165, 1.54) is 0 Å². The van der Waals surface area contributed by atoms with Gasteiger partial charge in [-0.1, -0.05) is 31.0 Å². The number of nitrogens with zero attached hydrogens (tertiary/aromatic N) is 1. The molecule has 3 rings (SSSR count). The van der Waals surface area contributed by atoms with Crippen LogP contribution in [-0.2, 0) is 4.79 Å². The van der Waals surface area contributed by atoms with Crippen LogP contribution >= 0.6 is 0 Å². The number of primary amides is 1. The third-order valence-corrected chi connectivity index (χ3v) is 5.49. The van der Waals surface area contributed by atoms with Gasteiger partial charge in [0.25, 0.3) is 0 Å². The lowest BCUT2D eigenvalue weighted by atomic mass is 9.66. The minimum Gasteiger partial charge on any atom is -0.496 e. The molecule has 5 nitrogen and oxygen atoms in total. The number of likely N-dealkylation sites (tertiary alicyclic amines) is 1. The van der Waals surface area contributed by atoms with Crippen molar-refractivity contribution in [3.63, 3.8) is 0 Å². The van der Waals surface area contributed by atoms with Crippen LogP contribution in [0.15, 0.2) is 24.3 Å². The standard InChI is InChI=1S/C18H26N2O3/c1-23-15-8-3-2-6-13(15)17-14-7-4-5-9-18(14,22)10-11-20(17)12-16(19)21/h2-3,6,8,14,17,22H,4-5,7,9-12H2,1H3,(H2,19,21). The molecule has 126 valence electrons. The molecule has 1 aliphatic carbocycles. The lowest BCUT2D eigenvalue weighted by Crippen LogP contribution is -2.56. The van der Waals surface area contributed by atoms with E-state index >= 15 is 0 Å². The summed E-state index contributed by atoms with van der Waals surface area (Å²) in [4.78, 5) is 13.6. The van der Waals surface area contributed by atoms with Crippen molar-refractivity contribution in [3.05, 3.63) is 29.8 Å². The van der Waals surface area contributed by atoms with Crippen molar-refractivity contribution in [2.45, 2.75) is 43.7 Å². The molecule has 1 amide bonds. The summed E-state index contributed by atoms with van der Waals surface area (Å²) in [6.45, 7) is 0.897. The minimum absolute atomic E-state index is 0.0299. The van der Waals surface area contributed by atoms with Crippen LogP contribution in [0.3, 0.4) is 0 Å². The number of ether oxygens (including phenoxy) is 1. The number of amides is 1. The van der Waals surface area contributed by atoms with Crippen molar-refractivity contribution >= 4 is 5.91 Å². The van der Waals surface area contributed by atoms with Crippen molar-refractivity contribution in [1.29, 1.82) is 0 Å². The van der Waals surface area contributed by atoms with Gasteiger partial charge in [-0.05, 0) is 25.3 Å². The largest absolute Gasteiger partial charge is 0.496 e. The molecule has 1 saturated carbocycles. The smallest absolute Gasteiger partial charge is 0.231 e. The molecule has 1 aromatic rings. The molecule has 23 heavy (non-hydrogen) atoms. The Bertz CT molecular complexity index is 577. The number of aliphatic hydroxyl groups is 1. The van der Waals surface area contributed by atoms with Gasteiger partial charge < -0.3 is 15.6 Å². The number of hydrogen-bond acceptors (Lipinski definition) is 4. The fourth-order valence-electron chi connectivity index (χ4n) is 4.44. The maximum atomic E-state index is 11.5. The number of carbonyl (C=O) groups is 1. The third-order valence-electron chi connectivity index (χ3n) is 5.49. The average Bonchev–Trinajstić information content (AvgIpc) is 2.54. The van der Waals surface area contributed by atoms with Gasteiger partial charge in [0.1, 0.15) is 5.75 Å². The monoisotopic (exact) mass is 318 g/mol. The Morgan fingerprint density at radius 3 is 2.91 bits per heavy atom. The zero-order valence-electron chi connectivity index (χ0n) is 13.7. The number of carbonyl (C=O) groups excluding carboxylic acids is 1. The molecule has 2 fully saturated rings. The molecule has 2 aliphatic rings. The highest BCUT2D eigenvalue weighted by atomic mass is 16.5. The Hall–Kier alpha value is -1.59. The summed E-state index contributed by atoms with van der Waals surface area (Å²) in [5.41, 5.74) is 5.86. The molecule has 1 aliphatic heterocycles. The first-order chi connectivity index (χ1) is 11.0. The predicted octanol–water partition coefficient (Wildman–Crippen LogP) is 1.85. The lowest BCUT2D eigenvalue weighted by molar-refractivity contribution is -0.136. The SMILES string of the molecule is COc1ccccc1C1C2CCCCC2(O)CCN1CC(N)=O. The van der Waals surface area contributed by atoms with Gasteiger partial charge in [-0.15, -0.1) is 0 Å². The van der Waals surface area contributed by atoms with E-state index in [2.05, 4.69) is 4.90 Å². The van der Waals surface area contributed by atoms with Crippen LogP contribution < -0.4 is 10.5 Å². The van der Waals surface area contributed by atoms with Crippen molar-refractivity contribution in [2.75, 3.05) is 20.2 Å². The zero-order valence-corrected chi connectivity index (χ0v) is 13.7. The minimum atomic E-state index is -0.641. The molecule has 1 aromatic carbocycles. The number of rotatable bonds is 4. The summed E-state index contributed by atoms with van der Waals surface area (Å²) in [5, 5.41) is 11.2. The number of piperidine rings is 1. The highest BCUT2D eigenvalue weighted by molar-refractivity contribution is 5.76. The normalized spacial score (nSPS) is 31.4. The molecule has 3 N–H and O–H groups in total. The average molecular weight is 318 g/mol. The van der Waals surface area contributed by atoms with Crippen molar-refractivity contribution in [3.8, 4) is 5.75 Å². The molecular formula is C18H26N2O3. The number of methoxy groups -OCH3 is 1. The summed E-state index contributed by atoms with van der Waals surface area (Å²) in [6, 6.07) is 7.87. The van der Waals surface area contributed by atoms with Gasteiger partial charge in [-0.2, -0.15) is 0 Å². The number of nitrogens with two attached hydrogens (primary N) is 1.